The average molecular weight is 526 g/mol. The molecule has 0 N–H and O–H groups in total. The maximum atomic E-state index is 13.2. The Kier molecular flexibility index (Phi) is 6.04. The summed E-state index contributed by atoms with van der Waals surface area (Å²) >= 11 is 7.39. The van der Waals surface area contributed by atoms with Gasteiger partial charge in [-0.3, -0.25) is 4.79 Å². The van der Waals surface area contributed by atoms with E-state index in [9.17, 15) is 4.79 Å². The summed E-state index contributed by atoms with van der Waals surface area (Å²) in [7, 11) is 0. The summed E-state index contributed by atoms with van der Waals surface area (Å²) in [5.74, 6) is 1.22. The fraction of sp³-hybridized carbons (Fsp3) is 0.0714. The van der Waals surface area contributed by atoms with Crippen molar-refractivity contribution in [2.45, 2.75) is 13.5 Å². The molecule has 0 spiro atoms. The summed E-state index contributed by atoms with van der Waals surface area (Å²) in [5, 5.41) is 9.84. The Hall–Kier alpha value is -4.27. The number of hydrogen-bond acceptors (Lipinski definition) is 6. The van der Waals surface area contributed by atoms with Gasteiger partial charge in [-0.2, -0.15) is 14.6 Å². The second-order valence-corrected chi connectivity index (χ2v) is 9.86. The van der Waals surface area contributed by atoms with Crippen LogP contribution in [0.4, 0.5) is 0 Å². The van der Waals surface area contributed by atoms with E-state index >= 15 is 0 Å². The van der Waals surface area contributed by atoms with Gasteiger partial charge in [-0.05, 0) is 48.9 Å². The predicted molar refractivity (Wildman–Crippen MR) is 145 cm³/mol. The Morgan fingerprint density at radius 3 is 2.49 bits per heavy atom. The number of fused-ring (bicyclic) bond motifs is 1. The van der Waals surface area contributed by atoms with E-state index < -0.39 is 0 Å². The number of thiazole rings is 1. The van der Waals surface area contributed by atoms with Gasteiger partial charge < -0.3 is 4.74 Å². The largest absolute Gasteiger partial charge is 0.485 e. The summed E-state index contributed by atoms with van der Waals surface area (Å²) in [4.78, 5) is 18.2. The third-order valence-corrected chi connectivity index (χ3v) is 7.05. The van der Waals surface area contributed by atoms with Crippen molar-refractivity contribution in [3.63, 3.8) is 0 Å². The topological polar surface area (TPSA) is 74.3 Å². The molecular formula is C28H20ClN5O2S. The lowest BCUT2D eigenvalue weighted by Crippen LogP contribution is -2.24. The van der Waals surface area contributed by atoms with Crippen LogP contribution in [0.25, 0.3) is 28.0 Å². The van der Waals surface area contributed by atoms with Crippen LogP contribution in [0.5, 0.6) is 5.75 Å². The molecule has 0 saturated carbocycles. The first kappa shape index (κ1) is 23.1. The summed E-state index contributed by atoms with van der Waals surface area (Å²) in [6.45, 7) is 2.16. The minimum absolute atomic E-state index is 0.183. The van der Waals surface area contributed by atoms with Crippen molar-refractivity contribution in [2.75, 3.05) is 0 Å². The third-order valence-electron chi connectivity index (χ3n) is 5.84. The number of benzene rings is 3. The van der Waals surface area contributed by atoms with E-state index in [2.05, 4.69) is 10.1 Å². The van der Waals surface area contributed by atoms with Crippen LogP contribution >= 0.6 is 22.9 Å². The lowest BCUT2D eigenvalue weighted by atomic mass is 10.1. The smallest absolute Gasteiger partial charge is 0.291 e. The zero-order valence-electron chi connectivity index (χ0n) is 19.7. The van der Waals surface area contributed by atoms with Crippen molar-refractivity contribution in [1.29, 1.82) is 0 Å². The molecule has 3 aromatic carbocycles. The molecule has 6 aromatic rings. The molecule has 0 amide bonds. The van der Waals surface area contributed by atoms with Gasteiger partial charge in [-0.15, -0.1) is 5.10 Å². The van der Waals surface area contributed by atoms with Crippen LogP contribution in [0.1, 0.15) is 17.0 Å². The zero-order chi connectivity index (χ0) is 25.4. The van der Waals surface area contributed by atoms with Gasteiger partial charge in [0.15, 0.2) is 5.82 Å². The number of ether oxygens (including phenoxy) is 1. The van der Waals surface area contributed by atoms with E-state index in [1.54, 1.807) is 4.68 Å². The molecular weight excluding hydrogens is 506 g/mol. The Morgan fingerprint density at radius 2 is 1.73 bits per heavy atom. The number of aryl methyl sites for hydroxylation is 1. The monoisotopic (exact) mass is 525 g/mol. The molecule has 182 valence electrons. The fourth-order valence-corrected chi connectivity index (χ4v) is 5.02. The molecule has 0 radical (unpaired) electrons. The van der Waals surface area contributed by atoms with E-state index in [1.807, 2.05) is 98.1 Å². The number of hydrogen-bond donors (Lipinski definition) is 0. The van der Waals surface area contributed by atoms with Crippen LogP contribution in [0.3, 0.4) is 0 Å². The molecule has 6 rings (SSSR count). The Balaban J connectivity index is 1.38. The molecule has 0 unspecified atom stereocenters. The third kappa shape index (κ3) is 4.64. The summed E-state index contributed by atoms with van der Waals surface area (Å²) in [6.07, 6.45) is 3.75. The molecule has 9 heteroatoms. The Bertz CT molecular complexity index is 1820. The highest BCUT2D eigenvalue weighted by atomic mass is 35.5. The van der Waals surface area contributed by atoms with Crippen molar-refractivity contribution >= 4 is 34.0 Å². The first-order chi connectivity index (χ1) is 18.0. The van der Waals surface area contributed by atoms with Crippen LogP contribution in [-0.4, -0.2) is 24.4 Å². The number of aromatic nitrogens is 5. The highest BCUT2D eigenvalue weighted by Gasteiger charge is 2.15. The summed E-state index contributed by atoms with van der Waals surface area (Å²) in [6, 6.07) is 25.0. The normalized spacial score (nSPS) is 11.9. The van der Waals surface area contributed by atoms with Crippen LogP contribution < -0.4 is 14.8 Å². The van der Waals surface area contributed by atoms with Gasteiger partial charge in [0.1, 0.15) is 18.1 Å². The maximum absolute atomic E-state index is 13.2. The lowest BCUT2D eigenvalue weighted by molar-refractivity contribution is 0.294. The van der Waals surface area contributed by atoms with Crippen molar-refractivity contribution in [3.05, 3.63) is 122 Å². The van der Waals surface area contributed by atoms with E-state index in [1.165, 1.54) is 15.9 Å². The molecule has 0 fully saturated rings. The SMILES string of the molecule is Cc1ccccc1OCc1nc2sc(=Cc3cn(-c4ccccc4)nc3-c3ccc(Cl)cc3)c(=O)n2n1. The highest BCUT2D eigenvalue weighted by Crippen LogP contribution is 2.26. The first-order valence-electron chi connectivity index (χ1n) is 11.5. The van der Waals surface area contributed by atoms with E-state index in [4.69, 9.17) is 21.4 Å². The molecule has 0 atom stereocenters. The zero-order valence-corrected chi connectivity index (χ0v) is 21.3. The van der Waals surface area contributed by atoms with Crippen molar-refractivity contribution in [1.82, 2.24) is 24.4 Å². The fourth-order valence-electron chi connectivity index (χ4n) is 3.98. The molecule has 7 nitrogen and oxygen atoms in total. The molecule has 37 heavy (non-hydrogen) atoms. The molecule has 0 saturated heterocycles. The molecule has 0 aliphatic heterocycles. The van der Waals surface area contributed by atoms with Crippen LogP contribution in [0.2, 0.25) is 5.02 Å². The van der Waals surface area contributed by atoms with E-state index in [-0.39, 0.29) is 12.2 Å². The van der Waals surface area contributed by atoms with Gasteiger partial charge in [0, 0.05) is 22.3 Å². The van der Waals surface area contributed by atoms with Crippen LogP contribution in [0.15, 0.2) is 89.9 Å². The Morgan fingerprint density at radius 1 is 0.973 bits per heavy atom. The van der Waals surface area contributed by atoms with E-state index in [0.29, 0.717) is 20.3 Å². The van der Waals surface area contributed by atoms with Crippen molar-refractivity contribution < 1.29 is 4.74 Å². The number of para-hydroxylation sites is 2. The minimum atomic E-state index is -0.232. The lowest BCUT2D eigenvalue weighted by Gasteiger charge is -2.05. The maximum Gasteiger partial charge on any atom is 0.291 e. The number of nitrogens with zero attached hydrogens (tertiary/aromatic N) is 5. The Labute approximate surface area is 220 Å². The van der Waals surface area contributed by atoms with Crippen LogP contribution in [-0.2, 0) is 6.61 Å². The van der Waals surface area contributed by atoms with Gasteiger partial charge >= 0.3 is 0 Å². The van der Waals surface area contributed by atoms with Gasteiger partial charge in [0.05, 0.1) is 10.2 Å². The summed E-state index contributed by atoms with van der Waals surface area (Å²) < 4.78 is 9.49. The van der Waals surface area contributed by atoms with Crippen molar-refractivity contribution in [3.8, 4) is 22.7 Å². The molecule has 3 heterocycles. The van der Waals surface area contributed by atoms with Gasteiger partial charge in [-0.25, -0.2) is 4.68 Å². The first-order valence-corrected chi connectivity index (χ1v) is 12.7. The van der Waals surface area contributed by atoms with Gasteiger partial charge in [-0.1, -0.05) is 71.5 Å². The highest BCUT2D eigenvalue weighted by molar-refractivity contribution is 7.15. The molecule has 0 aliphatic rings. The van der Waals surface area contributed by atoms with Crippen LogP contribution in [0, 0.1) is 6.92 Å². The second-order valence-electron chi connectivity index (χ2n) is 8.41. The van der Waals surface area contributed by atoms with Crippen molar-refractivity contribution in [2.24, 2.45) is 0 Å². The number of rotatable bonds is 6. The average Bonchev–Trinajstić information content (AvgIpc) is 3.60. The number of halogens is 1. The second kappa shape index (κ2) is 9.65. The standard InChI is InChI=1S/C28H20ClN5O2S/c1-18-7-5-6-10-23(18)36-17-25-30-28-34(31-25)27(35)24(37-28)15-20-16-33(22-8-3-2-4-9-22)32-26(20)19-11-13-21(29)14-12-19/h2-16H,17H2,1H3. The van der Waals surface area contributed by atoms with Gasteiger partial charge in [0.25, 0.3) is 5.56 Å². The van der Waals surface area contributed by atoms with Gasteiger partial charge in [0.2, 0.25) is 4.96 Å². The minimum Gasteiger partial charge on any atom is -0.485 e. The summed E-state index contributed by atoms with van der Waals surface area (Å²) in [5.41, 5.74) is 4.15. The predicted octanol–water partition coefficient (Wildman–Crippen LogP) is 5.09. The molecule has 3 aromatic heterocycles. The molecule has 0 bridgehead atoms. The molecule has 0 aliphatic carbocycles. The van der Waals surface area contributed by atoms with E-state index in [0.717, 1.165) is 33.8 Å². The quantitative estimate of drug-likeness (QED) is 0.303.